The van der Waals surface area contributed by atoms with E-state index < -0.39 is 0 Å². The fourth-order valence-electron chi connectivity index (χ4n) is 5.20. The van der Waals surface area contributed by atoms with Crippen molar-refractivity contribution in [1.82, 2.24) is 19.4 Å². The molecule has 2 aliphatic rings. The van der Waals surface area contributed by atoms with E-state index in [4.69, 9.17) is 4.98 Å². The summed E-state index contributed by atoms with van der Waals surface area (Å²) in [5, 5.41) is 0.900. The first kappa shape index (κ1) is 20.9. The number of aromatic nitrogens is 2. The molecule has 3 aromatic rings. The summed E-state index contributed by atoms with van der Waals surface area (Å²) in [5.74, 6) is 0. The molecule has 3 heterocycles. The monoisotopic (exact) mass is 436 g/mol. The van der Waals surface area contributed by atoms with Gasteiger partial charge in [0.15, 0.2) is 0 Å². The van der Waals surface area contributed by atoms with Crippen molar-refractivity contribution in [1.29, 1.82) is 0 Å². The number of likely N-dealkylation sites (N-methyl/N-ethyl adjacent to an activating group) is 1. The van der Waals surface area contributed by atoms with E-state index in [-0.39, 0.29) is 5.56 Å². The van der Waals surface area contributed by atoms with Gasteiger partial charge in [0.05, 0.1) is 11.7 Å². The summed E-state index contributed by atoms with van der Waals surface area (Å²) in [4.78, 5) is 25.5. The fourth-order valence-corrected chi connectivity index (χ4v) is 6.45. The van der Waals surface area contributed by atoms with Crippen molar-refractivity contribution in [3.63, 3.8) is 0 Å². The zero-order chi connectivity index (χ0) is 21.2. The normalized spacial score (nSPS) is 20.2. The van der Waals surface area contributed by atoms with E-state index in [0.717, 1.165) is 55.4 Å². The molecule has 164 valence electrons. The molecule has 0 bridgehead atoms. The maximum Gasteiger partial charge on any atom is 0.262 e. The Labute approximate surface area is 188 Å². The molecule has 1 saturated heterocycles. The molecule has 5 rings (SSSR count). The average Bonchev–Trinajstić information content (AvgIpc) is 3.20. The number of piperazine rings is 1. The standard InChI is InChI=1S/C25H32N4OS/c1-2-27-13-15-28(16-14-27)20-10-11-21-22(17-20)31-24-23(21)25(30)29(18-26-24)12-6-9-19-7-4-3-5-8-19/h3-5,7-8,18,20H,2,6,9-17H2,1H3. The molecule has 31 heavy (non-hydrogen) atoms. The molecule has 1 aromatic carbocycles. The summed E-state index contributed by atoms with van der Waals surface area (Å²) in [6.07, 6.45) is 6.95. The van der Waals surface area contributed by atoms with E-state index in [9.17, 15) is 4.79 Å². The molecule has 1 atom stereocenters. The van der Waals surface area contributed by atoms with Crippen molar-refractivity contribution in [2.24, 2.45) is 0 Å². The molecule has 6 heteroatoms. The Hall–Kier alpha value is -2.02. The van der Waals surface area contributed by atoms with Gasteiger partial charge in [-0.05, 0) is 49.8 Å². The third kappa shape index (κ3) is 4.34. The molecule has 0 saturated carbocycles. The minimum atomic E-state index is 0.158. The predicted octanol–water partition coefficient (Wildman–Crippen LogP) is 3.59. The molecule has 0 amide bonds. The number of rotatable bonds is 6. The third-order valence-corrected chi connectivity index (χ3v) is 8.25. The van der Waals surface area contributed by atoms with Gasteiger partial charge in [-0.25, -0.2) is 4.98 Å². The zero-order valence-electron chi connectivity index (χ0n) is 18.4. The summed E-state index contributed by atoms with van der Waals surface area (Å²) < 4.78 is 1.83. The molecular formula is C25H32N4OS. The summed E-state index contributed by atoms with van der Waals surface area (Å²) >= 11 is 1.75. The molecule has 1 unspecified atom stereocenters. The zero-order valence-corrected chi connectivity index (χ0v) is 19.2. The molecule has 0 spiro atoms. The van der Waals surface area contributed by atoms with Crippen LogP contribution in [0.4, 0.5) is 0 Å². The van der Waals surface area contributed by atoms with Gasteiger partial charge in [0, 0.05) is 43.6 Å². The molecule has 1 aliphatic heterocycles. The van der Waals surface area contributed by atoms with E-state index >= 15 is 0 Å². The highest BCUT2D eigenvalue weighted by molar-refractivity contribution is 7.18. The van der Waals surface area contributed by atoms with Crippen molar-refractivity contribution in [3.8, 4) is 0 Å². The van der Waals surface area contributed by atoms with Gasteiger partial charge >= 0.3 is 0 Å². The Morgan fingerprint density at radius 2 is 1.94 bits per heavy atom. The van der Waals surface area contributed by atoms with Crippen LogP contribution in [0, 0.1) is 0 Å². The van der Waals surface area contributed by atoms with E-state index in [1.807, 2.05) is 10.6 Å². The average molecular weight is 437 g/mol. The van der Waals surface area contributed by atoms with Crippen molar-refractivity contribution in [3.05, 3.63) is 63.0 Å². The lowest BCUT2D eigenvalue weighted by Gasteiger charge is -2.40. The van der Waals surface area contributed by atoms with Crippen molar-refractivity contribution in [2.45, 2.75) is 51.6 Å². The Kier molecular flexibility index (Phi) is 6.21. The van der Waals surface area contributed by atoms with E-state index in [1.165, 1.54) is 42.2 Å². The predicted molar refractivity (Wildman–Crippen MR) is 128 cm³/mol. The first-order valence-corrected chi connectivity index (χ1v) is 12.5. The minimum Gasteiger partial charge on any atom is -0.301 e. The molecule has 5 nitrogen and oxygen atoms in total. The van der Waals surface area contributed by atoms with E-state index in [1.54, 1.807) is 17.7 Å². The first-order chi connectivity index (χ1) is 15.2. The van der Waals surface area contributed by atoms with Crippen LogP contribution in [0.5, 0.6) is 0 Å². The minimum absolute atomic E-state index is 0.158. The van der Waals surface area contributed by atoms with Crippen molar-refractivity contribution >= 4 is 21.6 Å². The SMILES string of the molecule is CCN1CCN(C2CCc3c(sc4ncn(CCCc5ccccc5)c(=O)c34)C2)CC1. The maximum absolute atomic E-state index is 13.3. The van der Waals surface area contributed by atoms with Crippen molar-refractivity contribution < 1.29 is 0 Å². The highest BCUT2D eigenvalue weighted by Gasteiger charge is 2.30. The number of thiophene rings is 1. The Morgan fingerprint density at radius 3 is 2.71 bits per heavy atom. The molecule has 1 fully saturated rings. The molecular weight excluding hydrogens is 404 g/mol. The number of nitrogens with zero attached hydrogens (tertiary/aromatic N) is 4. The maximum atomic E-state index is 13.3. The number of aryl methyl sites for hydroxylation is 3. The number of fused-ring (bicyclic) bond motifs is 3. The molecule has 0 N–H and O–H groups in total. The summed E-state index contributed by atoms with van der Waals surface area (Å²) in [6.45, 7) is 8.84. The van der Waals surface area contributed by atoms with Crippen LogP contribution in [0.3, 0.4) is 0 Å². The number of hydrogen-bond donors (Lipinski definition) is 0. The van der Waals surface area contributed by atoms with E-state index in [0.29, 0.717) is 6.04 Å². The lowest BCUT2D eigenvalue weighted by molar-refractivity contribution is 0.0932. The lowest BCUT2D eigenvalue weighted by Crippen LogP contribution is -2.51. The van der Waals surface area contributed by atoms with Gasteiger partial charge < -0.3 is 4.90 Å². The van der Waals surface area contributed by atoms with Gasteiger partial charge in [0.2, 0.25) is 0 Å². The molecule has 2 aromatic heterocycles. The summed E-state index contributed by atoms with van der Waals surface area (Å²) in [6, 6.07) is 11.1. The van der Waals surface area contributed by atoms with Gasteiger partial charge in [-0.2, -0.15) is 0 Å². The highest BCUT2D eigenvalue weighted by atomic mass is 32.1. The topological polar surface area (TPSA) is 41.4 Å². The Balaban J connectivity index is 1.30. The largest absolute Gasteiger partial charge is 0.301 e. The Morgan fingerprint density at radius 1 is 1.13 bits per heavy atom. The summed E-state index contributed by atoms with van der Waals surface area (Å²) in [5.41, 5.74) is 2.77. The smallest absolute Gasteiger partial charge is 0.262 e. The Bertz CT molecular complexity index is 1080. The van der Waals surface area contributed by atoms with Crippen molar-refractivity contribution in [2.75, 3.05) is 32.7 Å². The van der Waals surface area contributed by atoms with Gasteiger partial charge in [-0.1, -0.05) is 37.3 Å². The second-order valence-electron chi connectivity index (χ2n) is 8.88. The highest BCUT2D eigenvalue weighted by Crippen LogP contribution is 2.35. The number of hydrogen-bond acceptors (Lipinski definition) is 5. The van der Waals surface area contributed by atoms with Crippen LogP contribution in [0.1, 0.15) is 35.8 Å². The van der Waals surface area contributed by atoms with E-state index in [2.05, 4.69) is 41.0 Å². The molecule has 0 radical (unpaired) electrons. The van der Waals surface area contributed by atoms with Crippen LogP contribution in [0.2, 0.25) is 0 Å². The second kappa shape index (κ2) is 9.23. The first-order valence-electron chi connectivity index (χ1n) is 11.7. The van der Waals surface area contributed by atoms with Crippen LogP contribution in [0.15, 0.2) is 41.5 Å². The number of benzene rings is 1. The van der Waals surface area contributed by atoms with Crippen LogP contribution >= 0.6 is 11.3 Å². The van der Waals surface area contributed by atoms with Gasteiger partial charge in [-0.15, -0.1) is 11.3 Å². The van der Waals surface area contributed by atoms with Crippen LogP contribution < -0.4 is 5.56 Å². The van der Waals surface area contributed by atoms with Gasteiger partial charge in [-0.3, -0.25) is 14.3 Å². The lowest BCUT2D eigenvalue weighted by atomic mass is 9.91. The van der Waals surface area contributed by atoms with Crippen LogP contribution in [-0.2, 0) is 25.8 Å². The quantitative estimate of drug-likeness (QED) is 0.592. The van der Waals surface area contributed by atoms with Crippen LogP contribution in [0.25, 0.3) is 10.2 Å². The second-order valence-corrected chi connectivity index (χ2v) is 9.97. The fraction of sp³-hybridized carbons (Fsp3) is 0.520. The van der Waals surface area contributed by atoms with Crippen LogP contribution in [-0.4, -0.2) is 58.1 Å². The van der Waals surface area contributed by atoms with Gasteiger partial charge in [0.25, 0.3) is 5.56 Å². The summed E-state index contributed by atoms with van der Waals surface area (Å²) in [7, 11) is 0. The molecule has 1 aliphatic carbocycles. The third-order valence-electron chi connectivity index (χ3n) is 7.09. The van der Waals surface area contributed by atoms with Gasteiger partial charge in [0.1, 0.15) is 4.83 Å².